The second-order valence-corrected chi connectivity index (χ2v) is 4.00. The van der Waals surface area contributed by atoms with Gasteiger partial charge in [0.2, 0.25) is 0 Å². The van der Waals surface area contributed by atoms with Gasteiger partial charge in [0.15, 0.2) is 0 Å². The normalized spacial score (nSPS) is 10.2. The van der Waals surface area contributed by atoms with E-state index >= 15 is 0 Å². The van der Waals surface area contributed by atoms with Gasteiger partial charge in [0.05, 0.1) is 26.2 Å². The zero-order valence-electron chi connectivity index (χ0n) is 10.9. The minimum absolute atomic E-state index is 0. The average molecular weight is 356 g/mol. The third-order valence-corrected chi connectivity index (χ3v) is 2.17. The van der Waals surface area contributed by atoms with E-state index in [2.05, 4.69) is 0 Å². The molecule has 0 rings (SSSR count). The first kappa shape index (κ1) is 21.6. The van der Waals surface area contributed by atoms with E-state index in [1.54, 1.807) is 0 Å². The smallest absolute Gasteiger partial charge is 0.317 e. The van der Waals surface area contributed by atoms with Crippen LogP contribution in [-0.4, -0.2) is 93.4 Å². The quantitative estimate of drug-likeness (QED) is 0.303. The summed E-state index contributed by atoms with van der Waals surface area (Å²) < 4.78 is 0. The van der Waals surface area contributed by atoms with Gasteiger partial charge < -0.3 is 20.4 Å². The van der Waals surface area contributed by atoms with Crippen molar-refractivity contribution >= 4 is 23.9 Å². The third kappa shape index (κ3) is 13.1. The maximum Gasteiger partial charge on any atom is 0.317 e. The fourth-order valence-electron chi connectivity index (χ4n) is 1.48. The van der Waals surface area contributed by atoms with Crippen molar-refractivity contribution in [1.82, 2.24) is 9.80 Å². The summed E-state index contributed by atoms with van der Waals surface area (Å²) in [6.45, 7) is -2.25. The van der Waals surface area contributed by atoms with E-state index in [9.17, 15) is 19.2 Å². The number of hydrogen-bond donors (Lipinski definition) is 4. The van der Waals surface area contributed by atoms with E-state index in [1.807, 2.05) is 0 Å². The summed E-state index contributed by atoms with van der Waals surface area (Å²) in [4.78, 5) is 44.4. The van der Waals surface area contributed by atoms with Crippen LogP contribution in [0.3, 0.4) is 0 Å². The molecule has 0 fully saturated rings. The topological polar surface area (TPSA) is 156 Å². The molecule has 0 unspecified atom stereocenters. The minimum Gasteiger partial charge on any atom is -0.480 e. The number of hydrogen-bond acceptors (Lipinski definition) is 6. The van der Waals surface area contributed by atoms with E-state index in [1.165, 1.54) is 0 Å². The number of carboxylic acid groups (broad SMARTS) is 4. The maximum atomic E-state index is 10.6. The van der Waals surface area contributed by atoms with Crippen LogP contribution in [0, 0.1) is 0 Å². The fourth-order valence-corrected chi connectivity index (χ4v) is 1.48. The fraction of sp³-hybridized carbons (Fsp3) is 0.600. The van der Waals surface area contributed by atoms with E-state index in [-0.39, 0.29) is 30.2 Å². The first-order chi connectivity index (χ1) is 9.20. The number of carbonyl (C=O) groups is 4. The molecule has 0 aromatic rings. The molecule has 4 N–H and O–H groups in total. The zero-order chi connectivity index (χ0) is 15.7. The van der Waals surface area contributed by atoms with Crippen molar-refractivity contribution in [2.45, 2.75) is 0 Å². The van der Waals surface area contributed by atoms with Crippen LogP contribution < -0.4 is 0 Å². The number of carboxylic acids is 4. The van der Waals surface area contributed by atoms with Crippen LogP contribution in [0.1, 0.15) is 0 Å². The van der Waals surface area contributed by atoms with Crippen molar-refractivity contribution in [2.75, 3.05) is 39.3 Å². The third-order valence-electron chi connectivity index (χ3n) is 2.17. The Morgan fingerprint density at radius 3 is 0.905 bits per heavy atom. The molecule has 11 heteroatoms. The Morgan fingerprint density at radius 2 is 0.762 bits per heavy atom. The van der Waals surface area contributed by atoms with Crippen molar-refractivity contribution in [3.05, 3.63) is 0 Å². The second-order valence-electron chi connectivity index (χ2n) is 4.00. The van der Waals surface area contributed by atoms with Crippen LogP contribution in [0.5, 0.6) is 0 Å². The Hall–Kier alpha value is -1.68. The summed E-state index contributed by atoms with van der Waals surface area (Å²) in [5, 5.41) is 34.5. The van der Waals surface area contributed by atoms with Gasteiger partial charge in [0, 0.05) is 30.2 Å². The van der Waals surface area contributed by atoms with Crippen LogP contribution in [-0.2, 0) is 36.2 Å². The van der Waals surface area contributed by atoms with Gasteiger partial charge in [0.1, 0.15) is 0 Å². The van der Waals surface area contributed by atoms with Gasteiger partial charge >= 0.3 is 23.9 Å². The molecule has 0 amide bonds. The summed E-state index contributed by atoms with van der Waals surface area (Å²) in [6, 6.07) is 0. The minimum atomic E-state index is -1.23. The monoisotopic (exact) mass is 355 g/mol. The van der Waals surface area contributed by atoms with Crippen molar-refractivity contribution in [1.29, 1.82) is 0 Å². The Balaban J connectivity index is 0. The van der Waals surface area contributed by atoms with Gasteiger partial charge in [-0.05, 0) is 0 Å². The van der Waals surface area contributed by atoms with Crippen molar-refractivity contribution in [2.24, 2.45) is 0 Å². The van der Waals surface area contributed by atoms with Gasteiger partial charge in [-0.3, -0.25) is 29.0 Å². The molecular formula is C10H16CuN2O8. The zero-order valence-corrected chi connectivity index (χ0v) is 11.8. The van der Waals surface area contributed by atoms with Crippen LogP contribution in [0.4, 0.5) is 0 Å². The van der Waals surface area contributed by atoms with E-state index in [0.29, 0.717) is 0 Å². The molecule has 0 aromatic heterocycles. The SMILES string of the molecule is O=C(O)CN(CCN(CC(=O)O)CC(=O)O)CC(=O)O.[Cu]. The van der Waals surface area contributed by atoms with E-state index in [0.717, 1.165) is 9.80 Å². The van der Waals surface area contributed by atoms with Crippen LogP contribution in [0.2, 0.25) is 0 Å². The maximum absolute atomic E-state index is 10.6. The molecule has 0 aromatic carbocycles. The first-order valence-corrected chi connectivity index (χ1v) is 5.52. The number of rotatable bonds is 11. The standard InChI is InChI=1S/C10H16N2O8.Cu/c13-7(14)3-11(4-8(15)16)1-2-12(5-9(17)18)6-10(19)20;/h1-6H2,(H,13,14)(H,15,16)(H,17,18)(H,19,20);. The number of aliphatic carboxylic acids is 4. The van der Waals surface area contributed by atoms with Gasteiger partial charge in [-0.1, -0.05) is 0 Å². The Labute approximate surface area is 130 Å². The van der Waals surface area contributed by atoms with E-state index in [4.69, 9.17) is 20.4 Å². The summed E-state index contributed by atoms with van der Waals surface area (Å²) in [5.41, 5.74) is 0. The molecule has 0 saturated heterocycles. The summed E-state index contributed by atoms with van der Waals surface area (Å²) >= 11 is 0. The molecule has 0 aliphatic rings. The number of nitrogens with zero attached hydrogens (tertiary/aromatic N) is 2. The molecule has 1 radical (unpaired) electrons. The van der Waals surface area contributed by atoms with Crippen LogP contribution in [0.15, 0.2) is 0 Å². The molecule has 0 saturated carbocycles. The Morgan fingerprint density at radius 1 is 0.571 bits per heavy atom. The van der Waals surface area contributed by atoms with Gasteiger partial charge in [-0.25, -0.2) is 0 Å². The molecule has 21 heavy (non-hydrogen) atoms. The second kappa shape index (κ2) is 11.0. The predicted octanol–water partition coefficient (Wildman–Crippen LogP) is -2.07. The molecule has 0 aliphatic carbocycles. The molecule has 0 bridgehead atoms. The van der Waals surface area contributed by atoms with Crippen LogP contribution in [0.25, 0.3) is 0 Å². The van der Waals surface area contributed by atoms with Crippen molar-refractivity contribution in [3.63, 3.8) is 0 Å². The molecule has 0 heterocycles. The Kier molecular flexibility index (Phi) is 11.4. The van der Waals surface area contributed by atoms with Gasteiger partial charge in [0.25, 0.3) is 0 Å². The van der Waals surface area contributed by atoms with Crippen molar-refractivity contribution in [3.8, 4) is 0 Å². The Bertz CT molecular complexity index is 321. The predicted molar refractivity (Wildman–Crippen MR) is 63.4 cm³/mol. The summed E-state index contributed by atoms with van der Waals surface area (Å²) in [5.74, 6) is -4.91. The van der Waals surface area contributed by atoms with E-state index < -0.39 is 50.1 Å². The molecule has 10 nitrogen and oxygen atoms in total. The molecule has 0 atom stereocenters. The largest absolute Gasteiger partial charge is 0.480 e. The summed E-state index contributed by atoms with van der Waals surface area (Å²) in [6.07, 6.45) is 0. The van der Waals surface area contributed by atoms with Crippen LogP contribution >= 0.6 is 0 Å². The van der Waals surface area contributed by atoms with Gasteiger partial charge in [-0.2, -0.15) is 0 Å². The molecular weight excluding hydrogens is 340 g/mol. The molecule has 125 valence electrons. The molecule has 0 aliphatic heterocycles. The van der Waals surface area contributed by atoms with Gasteiger partial charge in [-0.15, -0.1) is 0 Å². The van der Waals surface area contributed by atoms with Crippen molar-refractivity contribution < 1.29 is 56.7 Å². The molecule has 0 spiro atoms. The first-order valence-electron chi connectivity index (χ1n) is 5.52. The average Bonchev–Trinajstić information content (AvgIpc) is 2.22. The summed E-state index contributed by atoms with van der Waals surface area (Å²) in [7, 11) is 0.